The lowest BCUT2D eigenvalue weighted by Gasteiger charge is -2.08. The normalized spacial score (nSPS) is 10.2. The lowest BCUT2D eigenvalue weighted by Crippen LogP contribution is -2.02. The lowest BCUT2D eigenvalue weighted by molar-refractivity contribution is 1.07. The van der Waals surface area contributed by atoms with E-state index in [0.717, 1.165) is 21.5 Å². The molecule has 0 aliphatic carbocycles. The Morgan fingerprint density at radius 3 is 3.00 bits per heavy atom. The van der Waals surface area contributed by atoms with Crippen molar-refractivity contribution in [2.45, 2.75) is 6.54 Å². The molecule has 0 bridgehead atoms. The van der Waals surface area contributed by atoms with Gasteiger partial charge < -0.3 is 16.0 Å². The molecule has 1 aromatic carbocycles. The van der Waals surface area contributed by atoms with Gasteiger partial charge in [0.25, 0.3) is 0 Å². The van der Waals surface area contributed by atoms with Crippen molar-refractivity contribution in [1.82, 2.24) is 9.97 Å². The highest BCUT2D eigenvalue weighted by Crippen LogP contribution is 2.23. The minimum atomic E-state index is 0.686. The first-order valence-electron chi connectivity index (χ1n) is 4.52. The van der Waals surface area contributed by atoms with Crippen LogP contribution in [0, 0.1) is 0 Å². The average Bonchev–Trinajstić information content (AvgIpc) is 2.69. The van der Waals surface area contributed by atoms with Gasteiger partial charge in [-0.15, -0.1) is 0 Å². The van der Waals surface area contributed by atoms with Gasteiger partial charge in [0, 0.05) is 10.7 Å². The summed E-state index contributed by atoms with van der Waals surface area (Å²) in [5, 5.41) is 3.23. The summed E-state index contributed by atoms with van der Waals surface area (Å²) >= 11 is 3.36. The molecule has 0 spiro atoms. The van der Waals surface area contributed by atoms with Crippen molar-refractivity contribution in [3.05, 3.63) is 40.9 Å². The molecule has 5 heteroatoms. The van der Waals surface area contributed by atoms with Crippen LogP contribution in [0.5, 0.6) is 0 Å². The number of nitrogens with one attached hydrogen (secondary N) is 2. The fourth-order valence-electron chi connectivity index (χ4n) is 1.27. The minimum absolute atomic E-state index is 0.686. The third-order valence-electron chi connectivity index (χ3n) is 2.04. The Bertz CT molecular complexity index is 439. The van der Waals surface area contributed by atoms with Crippen molar-refractivity contribution < 1.29 is 0 Å². The Labute approximate surface area is 96.0 Å². The van der Waals surface area contributed by atoms with Gasteiger partial charge in [-0.25, -0.2) is 4.98 Å². The highest BCUT2D eigenvalue weighted by molar-refractivity contribution is 9.10. The number of imidazole rings is 1. The van der Waals surface area contributed by atoms with Crippen LogP contribution in [0.3, 0.4) is 0 Å². The lowest BCUT2D eigenvalue weighted by atomic mass is 10.2. The molecule has 0 saturated carbocycles. The van der Waals surface area contributed by atoms with Gasteiger partial charge in [-0.3, -0.25) is 0 Å². The van der Waals surface area contributed by atoms with E-state index < -0.39 is 0 Å². The second kappa shape index (κ2) is 4.35. The summed E-state index contributed by atoms with van der Waals surface area (Å²) in [5.74, 6) is 0. The van der Waals surface area contributed by atoms with Crippen LogP contribution < -0.4 is 11.1 Å². The number of nitrogen functional groups attached to an aromatic ring is 1. The van der Waals surface area contributed by atoms with Gasteiger partial charge in [0.15, 0.2) is 0 Å². The smallest absolute Gasteiger partial charge is 0.0922 e. The number of nitrogens with two attached hydrogens (primary N) is 1. The Hall–Kier alpha value is -1.49. The largest absolute Gasteiger partial charge is 0.397 e. The van der Waals surface area contributed by atoms with Crippen LogP contribution in [0.15, 0.2) is 35.2 Å². The first kappa shape index (κ1) is 10.0. The van der Waals surface area contributed by atoms with Crippen molar-refractivity contribution in [1.29, 1.82) is 0 Å². The Morgan fingerprint density at radius 1 is 1.47 bits per heavy atom. The number of H-pyrrole nitrogens is 1. The molecule has 1 heterocycles. The first-order chi connectivity index (χ1) is 7.25. The highest BCUT2D eigenvalue weighted by Gasteiger charge is 1.99. The molecule has 2 aromatic rings. The first-order valence-corrected chi connectivity index (χ1v) is 5.31. The van der Waals surface area contributed by atoms with E-state index in [9.17, 15) is 0 Å². The SMILES string of the molecule is Nc1cc(Br)ccc1NCc1cnc[nH]1. The van der Waals surface area contributed by atoms with E-state index in [1.165, 1.54) is 0 Å². The molecule has 1 aromatic heterocycles. The number of rotatable bonds is 3. The summed E-state index contributed by atoms with van der Waals surface area (Å²) < 4.78 is 0.979. The Morgan fingerprint density at radius 2 is 2.33 bits per heavy atom. The summed E-state index contributed by atoms with van der Waals surface area (Å²) in [6, 6.07) is 5.76. The third kappa shape index (κ3) is 2.50. The molecule has 4 nitrogen and oxygen atoms in total. The fraction of sp³-hybridized carbons (Fsp3) is 0.100. The molecule has 0 amide bonds. The molecule has 0 aliphatic rings. The molecule has 2 rings (SSSR count). The summed E-state index contributed by atoms with van der Waals surface area (Å²) in [4.78, 5) is 6.95. The molecule has 0 atom stereocenters. The second-order valence-electron chi connectivity index (χ2n) is 3.16. The van der Waals surface area contributed by atoms with E-state index >= 15 is 0 Å². The maximum absolute atomic E-state index is 5.84. The zero-order valence-electron chi connectivity index (χ0n) is 8.00. The van der Waals surface area contributed by atoms with Gasteiger partial charge in [0.2, 0.25) is 0 Å². The molecule has 0 unspecified atom stereocenters. The summed E-state index contributed by atoms with van der Waals surface area (Å²) in [6.45, 7) is 0.686. The number of aromatic nitrogens is 2. The molecule has 78 valence electrons. The number of hydrogen-bond donors (Lipinski definition) is 3. The van der Waals surface area contributed by atoms with Crippen molar-refractivity contribution in [3.8, 4) is 0 Å². The number of aromatic amines is 1. The van der Waals surface area contributed by atoms with Gasteiger partial charge in [-0.1, -0.05) is 15.9 Å². The Balaban J connectivity index is 2.05. The molecule has 0 fully saturated rings. The van der Waals surface area contributed by atoms with Gasteiger partial charge in [-0.2, -0.15) is 0 Å². The number of hydrogen-bond acceptors (Lipinski definition) is 3. The fourth-order valence-corrected chi connectivity index (χ4v) is 1.65. The summed E-state index contributed by atoms with van der Waals surface area (Å²) in [7, 11) is 0. The van der Waals surface area contributed by atoms with E-state index in [1.807, 2.05) is 18.2 Å². The maximum atomic E-state index is 5.84. The monoisotopic (exact) mass is 266 g/mol. The van der Waals surface area contributed by atoms with Crippen LogP contribution in [-0.2, 0) is 6.54 Å². The average molecular weight is 267 g/mol. The van der Waals surface area contributed by atoms with Crippen LogP contribution in [0.2, 0.25) is 0 Å². The number of nitrogens with zero attached hydrogens (tertiary/aromatic N) is 1. The minimum Gasteiger partial charge on any atom is -0.397 e. The van der Waals surface area contributed by atoms with Crippen LogP contribution in [0.4, 0.5) is 11.4 Å². The van der Waals surface area contributed by atoms with Gasteiger partial charge in [-0.05, 0) is 18.2 Å². The highest BCUT2D eigenvalue weighted by atomic mass is 79.9. The van der Waals surface area contributed by atoms with Gasteiger partial charge in [0.1, 0.15) is 0 Å². The molecule has 0 radical (unpaired) electrons. The van der Waals surface area contributed by atoms with Gasteiger partial charge >= 0.3 is 0 Å². The quantitative estimate of drug-likeness (QED) is 0.748. The van der Waals surface area contributed by atoms with Crippen LogP contribution in [-0.4, -0.2) is 9.97 Å². The van der Waals surface area contributed by atoms with Crippen molar-refractivity contribution in [2.75, 3.05) is 11.1 Å². The van der Waals surface area contributed by atoms with Crippen LogP contribution >= 0.6 is 15.9 Å². The standard InChI is InChI=1S/C10H11BrN4/c11-7-1-2-10(9(12)3-7)14-5-8-4-13-6-15-8/h1-4,6,14H,5,12H2,(H,13,15). The van der Waals surface area contributed by atoms with Crippen LogP contribution in [0.25, 0.3) is 0 Å². The molecular weight excluding hydrogens is 256 g/mol. The Kier molecular flexibility index (Phi) is 2.91. The molecule has 0 aliphatic heterocycles. The maximum Gasteiger partial charge on any atom is 0.0922 e. The molecule has 0 saturated heterocycles. The summed E-state index contributed by atoms with van der Waals surface area (Å²) in [5.41, 5.74) is 8.52. The van der Waals surface area contributed by atoms with E-state index in [2.05, 4.69) is 31.2 Å². The number of benzene rings is 1. The van der Waals surface area contributed by atoms with Crippen molar-refractivity contribution in [2.24, 2.45) is 0 Å². The van der Waals surface area contributed by atoms with E-state index in [1.54, 1.807) is 12.5 Å². The zero-order valence-corrected chi connectivity index (χ0v) is 9.58. The zero-order chi connectivity index (χ0) is 10.7. The van der Waals surface area contributed by atoms with E-state index in [4.69, 9.17) is 5.73 Å². The summed E-state index contributed by atoms with van der Waals surface area (Å²) in [6.07, 6.45) is 3.43. The predicted octanol–water partition coefficient (Wildman–Crippen LogP) is 2.37. The number of anilines is 2. The predicted molar refractivity (Wildman–Crippen MR) is 64.5 cm³/mol. The van der Waals surface area contributed by atoms with Crippen LogP contribution in [0.1, 0.15) is 5.69 Å². The number of halogens is 1. The van der Waals surface area contributed by atoms with E-state index in [0.29, 0.717) is 6.54 Å². The third-order valence-corrected chi connectivity index (χ3v) is 2.53. The van der Waals surface area contributed by atoms with E-state index in [-0.39, 0.29) is 0 Å². The topological polar surface area (TPSA) is 66.7 Å². The van der Waals surface area contributed by atoms with Crippen molar-refractivity contribution in [3.63, 3.8) is 0 Å². The van der Waals surface area contributed by atoms with Crippen molar-refractivity contribution >= 4 is 27.3 Å². The molecule has 15 heavy (non-hydrogen) atoms. The second-order valence-corrected chi connectivity index (χ2v) is 4.08. The molecule has 4 N–H and O–H groups in total. The van der Waals surface area contributed by atoms with Gasteiger partial charge in [0.05, 0.1) is 29.9 Å². The molecular formula is C10H11BrN4.